The first-order valence-electron chi connectivity index (χ1n) is 13.9. The summed E-state index contributed by atoms with van der Waals surface area (Å²) in [4.78, 5) is 25.2. The van der Waals surface area contributed by atoms with Crippen LogP contribution >= 0.6 is 11.8 Å². The van der Waals surface area contributed by atoms with Gasteiger partial charge in [0.05, 0.1) is 25.1 Å². The molecule has 2 N–H and O–H groups in total. The number of fused-ring (bicyclic) bond motifs is 1. The Morgan fingerprint density at radius 3 is 2.60 bits per heavy atom. The van der Waals surface area contributed by atoms with E-state index in [0.29, 0.717) is 24.3 Å². The molecular weight excluding hydrogens is 574 g/mol. The summed E-state index contributed by atoms with van der Waals surface area (Å²) < 4.78 is 35.4. The lowest BCUT2D eigenvalue weighted by Gasteiger charge is -2.20. The van der Waals surface area contributed by atoms with E-state index in [-0.39, 0.29) is 18.3 Å². The molecule has 10 heteroatoms. The van der Waals surface area contributed by atoms with Gasteiger partial charge in [-0.1, -0.05) is 43.3 Å². The van der Waals surface area contributed by atoms with Crippen LogP contribution in [0, 0.1) is 6.92 Å². The quantitative estimate of drug-likeness (QED) is 0.255. The van der Waals surface area contributed by atoms with Crippen molar-refractivity contribution < 1.29 is 32.6 Å². The van der Waals surface area contributed by atoms with E-state index in [1.807, 2.05) is 49.4 Å². The number of sulfone groups is 1. The van der Waals surface area contributed by atoms with Crippen molar-refractivity contribution >= 4 is 33.5 Å². The van der Waals surface area contributed by atoms with Gasteiger partial charge in [-0.05, 0) is 76.7 Å². The van der Waals surface area contributed by atoms with Crippen LogP contribution < -0.4 is 10.1 Å². The molecule has 1 heterocycles. The number of hydrogen-bond acceptors (Lipinski definition) is 7. The van der Waals surface area contributed by atoms with Crippen molar-refractivity contribution in [1.82, 2.24) is 5.32 Å². The van der Waals surface area contributed by atoms with Crippen LogP contribution in [-0.4, -0.2) is 61.6 Å². The average Bonchev–Trinajstić information content (AvgIpc) is 3.43. The fraction of sp³-hybridized carbons (Fsp3) is 0.375. The number of aliphatic carboxylic acids is 1. The maximum atomic E-state index is 13.4. The molecule has 4 rings (SSSR count). The zero-order valence-electron chi connectivity index (χ0n) is 24.1. The summed E-state index contributed by atoms with van der Waals surface area (Å²) in [5.74, 6) is 0.476. The van der Waals surface area contributed by atoms with Crippen LogP contribution in [0.4, 0.5) is 0 Å². The Balaban J connectivity index is 1.60. The van der Waals surface area contributed by atoms with Gasteiger partial charge in [0.25, 0.3) is 5.91 Å². The summed E-state index contributed by atoms with van der Waals surface area (Å²) in [6.45, 7) is 5.07. The Bertz CT molecular complexity index is 1540. The van der Waals surface area contributed by atoms with Gasteiger partial charge in [0, 0.05) is 24.0 Å². The number of nitrogens with one attached hydrogen (secondary N) is 1. The number of carbonyl (C=O) groups is 2. The van der Waals surface area contributed by atoms with E-state index < -0.39 is 27.8 Å². The highest BCUT2D eigenvalue weighted by Crippen LogP contribution is 2.33. The number of amides is 1. The molecule has 8 nitrogen and oxygen atoms in total. The molecule has 1 amide bonds. The number of aryl methyl sites for hydroxylation is 1. The van der Waals surface area contributed by atoms with Crippen molar-refractivity contribution in [3.63, 3.8) is 0 Å². The third-order valence-corrected chi connectivity index (χ3v) is 9.08. The van der Waals surface area contributed by atoms with Gasteiger partial charge in [-0.3, -0.25) is 4.79 Å². The molecule has 0 radical (unpaired) electrons. The van der Waals surface area contributed by atoms with Crippen LogP contribution in [0.2, 0.25) is 0 Å². The lowest BCUT2D eigenvalue weighted by molar-refractivity contribution is -0.139. The maximum absolute atomic E-state index is 13.4. The second-order valence-electron chi connectivity index (χ2n) is 10.4. The summed E-state index contributed by atoms with van der Waals surface area (Å²) >= 11 is 1.81. The maximum Gasteiger partial charge on any atom is 0.326 e. The van der Waals surface area contributed by atoms with Crippen LogP contribution in [0.1, 0.15) is 52.1 Å². The molecule has 3 aromatic rings. The van der Waals surface area contributed by atoms with Crippen LogP contribution in [0.15, 0.2) is 60.7 Å². The van der Waals surface area contributed by atoms with Gasteiger partial charge in [0.2, 0.25) is 0 Å². The van der Waals surface area contributed by atoms with Gasteiger partial charge < -0.3 is 19.9 Å². The minimum Gasteiger partial charge on any atom is -0.493 e. The number of ether oxygens (including phenoxy) is 2. The molecular formula is C32H37NO7S2. The van der Waals surface area contributed by atoms with Crippen LogP contribution in [-0.2, 0) is 32.4 Å². The summed E-state index contributed by atoms with van der Waals surface area (Å²) in [5.41, 5.74) is 5.90. The van der Waals surface area contributed by atoms with Gasteiger partial charge in [0.15, 0.2) is 0 Å². The van der Waals surface area contributed by atoms with Crippen LogP contribution in [0.5, 0.6) is 5.75 Å². The first kappa shape index (κ1) is 31.6. The largest absolute Gasteiger partial charge is 0.493 e. The number of carboxylic acid groups (broad SMARTS) is 1. The highest BCUT2D eigenvalue weighted by atomic mass is 32.2. The van der Waals surface area contributed by atoms with E-state index in [1.165, 1.54) is 5.56 Å². The molecule has 1 aliphatic rings. The van der Waals surface area contributed by atoms with E-state index in [1.54, 1.807) is 17.8 Å². The normalized spacial score (nSPS) is 14.1. The van der Waals surface area contributed by atoms with Crippen molar-refractivity contribution in [2.45, 2.75) is 45.4 Å². The smallest absolute Gasteiger partial charge is 0.326 e. The molecule has 3 aromatic carbocycles. The van der Waals surface area contributed by atoms with Gasteiger partial charge in [-0.15, -0.1) is 0 Å². The summed E-state index contributed by atoms with van der Waals surface area (Å²) in [5, 5.41) is 12.2. The first-order valence-corrected chi connectivity index (χ1v) is 17.1. The molecule has 0 aliphatic carbocycles. The second-order valence-corrected chi connectivity index (χ2v) is 14.0. The van der Waals surface area contributed by atoms with Gasteiger partial charge in [-0.2, -0.15) is 11.8 Å². The predicted octanol–water partition coefficient (Wildman–Crippen LogP) is 5.23. The number of thioether (sulfide) groups is 1. The number of benzene rings is 3. The molecule has 0 saturated carbocycles. The highest BCUT2D eigenvalue weighted by molar-refractivity contribution is 7.99. The lowest BCUT2D eigenvalue weighted by atomic mass is 9.93. The molecule has 0 spiro atoms. The Hall–Kier alpha value is -3.34. The third-order valence-electron chi connectivity index (χ3n) is 7.15. The molecule has 224 valence electrons. The van der Waals surface area contributed by atoms with Crippen molar-refractivity contribution in [2.24, 2.45) is 0 Å². The molecule has 0 bridgehead atoms. The molecule has 42 heavy (non-hydrogen) atoms. The van der Waals surface area contributed by atoms with E-state index in [2.05, 4.69) is 24.4 Å². The van der Waals surface area contributed by atoms with Gasteiger partial charge >= 0.3 is 5.97 Å². The van der Waals surface area contributed by atoms with Crippen LogP contribution in [0.25, 0.3) is 11.1 Å². The fourth-order valence-corrected chi connectivity index (χ4v) is 6.27. The number of carboxylic acids is 1. The number of hydrogen-bond donors (Lipinski definition) is 2. The summed E-state index contributed by atoms with van der Waals surface area (Å²) in [6, 6.07) is 17.9. The van der Waals surface area contributed by atoms with E-state index >= 15 is 0 Å². The Morgan fingerprint density at radius 1 is 1.10 bits per heavy atom. The minimum atomic E-state index is -3.39. The standard InChI is InChI=1S/C32H37NO7S2/c1-4-41-20-30(23-10-12-29-24(18-23)13-15-39-29)40-19-22-9-11-26(27(17-22)25-8-6-5-7-21(25)2)31(34)33-28(32(35)36)14-16-42(3,37)38/h5-12,17-18,28,30H,4,13-16,19-20H2,1-3H3,(H,33,34)(H,35,36). The van der Waals surface area contributed by atoms with Crippen molar-refractivity contribution in [1.29, 1.82) is 0 Å². The van der Waals surface area contributed by atoms with E-state index in [0.717, 1.165) is 52.2 Å². The Kier molecular flexibility index (Phi) is 10.7. The lowest BCUT2D eigenvalue weighted by Crippen LogP contribution is -2.42. The van der Waals surface area contributed by atoms with E-state index in [9.17, 15) is 23.1 Å². The third kappa shape index (κ3) is 8.36. The molecule has 1 aliphatic heterocycles. The molecule has 0 aromatic heterocycles. The second kappa shape index (κ2) is 14.2. The molecule has 2 unspecified atom stereocenters. The fourth-order valence-electron chi connectivity index (χ4n) is 4.87. The van der Waals surface area contributed by atoms with Crippen molar-refractivity contribution in [3.05, 3.63) is 88.5 Å². The number of rotatable bonds is 14. The Morgan fingerprint density at radius 2 is 1.88 bits per heavy atom. The van der Waals surface area contributed by atoms with Crippen molar-refractivity contribution in [2.75, 3.05) is 30.1 Å². The average molecular weight is 612 g/mol. The SMILES string of the molecule is CCSCC(OCc1ccc(C(=O)NC(CCS(C)(=O)=O)C(=O)O)c(-c2ccccc2C)c1)c1ccc2c(c1)CCO2. The monoisotopic (exact) mass is 611 g/mol. The molecule has 0 saturated heterocycles. The first-order chi connectivity index (χ1) is 20.1. The Labute approximate surface area is 251 Å². The molecule has 0 fully saturated rings. The van der Waals surface area contributed by atoms with Crippen LogP contribution in [0.3, 0.4) is 0 Å². The summed E-state index contributed by atoms with van der Waals surface area (Å²) in [6.07, 6.45) is 1.57. The molecule has 2 atom stereocenters. The highest BCUT2D eigenvalue weighted by Gasteiger charge is 2.25. The van der Waals surface area contributed by atoms with E-state index in [4.69, 9.17) is 9.47 Å². The summed E-state index contributed by atoms with van der Waals surface area (Å²) in [7, 11) is -3.39. The van der Waals surface area contributed by atoms with Gasteiger partial charge in [-0.25, -0.2) is 13.2 Å². The number of carbonyl (C=O) groups excluding carboxylic acids is 1. The van der Waals surface area contributed by atoms with Gasteiger partial charge in [0.1, 0.15) is 21.6 Å². The predicted molar refractivity (Wildman–Crippen MR) is 166 cm³/mol. The van der Waals surface area contributed by atoms with Crippen molar-refractivity contribution in [3.8, 4) is 16.9 Å². The topological polar surface area (TPSA) is 119 Å². The zero-order chi connectivity index (χ0) is 30.3. The zero-order valence-corrected chi connectivity index (χ0v) is 25.7. The minimum absolute atomic E-state index is 0.128.